The van der Waals surface area contributed by atoms with Crippen molar-refractivity contribution in [2.75, 3.05) is 12.4 Å². The van der Waals surface area contributed by atoms with Crippen LogP contribution in [-0.4, -0.2) is 22.6 Å². The molecule has 1 aromatic carbocycles. The van der Waals surface area contributed by atoms with Gasteiger partial charge in [0.05, 0.1) is 13.3 Å². The number of rotatable bonds is 5. The molecule has 8 heteroatoms. The minimum atomic E-state index is -0.631. The fraction of sp³-hybridized carbons (Fsp3) is 0.312. The number of carbonyl (C=O) groups is 1. The number of nitrogens with one attached hydrogen (secondary N) is 1. The molecule has 3 N–H and O–H groups in total. The molecule has 0 saturated carbocycles. The zero-order valence-electron chi connectivity index (χ0n) is 13.1. The van der Waals surface area contributed by atoms with Crippen LogP contribution in [0.4, 0.5) is 5.69 Å². The fourth-order valence-corrected chi connectivity index (χ4v) is 3.08. The first-order valence-electron chi connectivity index (χ1n) is 7.46. The molecule has 1 atom stereocenters. The second kappa shape index (κ2) is 6.52. The molecule has 2 aromatic rings. The number of hydrogen-bond acceptors (Lipinski definition) is 5. The van der Waals surface area contributed by atoms with Crippen molar-refractivity contribution in [1.29, 1.82) is 0 Å². The van der Waals surface area contributed by atoms with Crippen LogP contribution >= 0.6 is 11.6 Å². The van der Waals surface area contributed by atoms with E-state index in [1.807, 2.05) is 6.07 Å². The third-order valence-corrected chi connectivity index (χ3v) is 4.22. The number of aromatic nitrogens is 2. The number of anilines is 1. The number of carbonyl (C=O) groups excluding carboxylic acids is 1. The molecule has 1 aliphatic rings. The van der Waals surface area contributed by atoms with Gasteiger partial charge in [0.1, 0.15) is 23.3 Å². The van der Waals surface area contributed by atoms with Crippen LogP contribution in [0.15, 0.2) is 29.2 Å². The average molecular weight is 349 g/mol. The lowest BCUT2D eigenvalue weighted by Crippen LogP contribution is -2.33. The van der Waals surface area contributed by atoms with Crippen LogP contribution in [0.2, 0.25) is 5.02 Å². The Labute approximate surface area is 143 Å². The van der Waals surface area contributed by atoms with Crippen molar-refractivity contribution in [3.63, 3.8) is 0 Å². The van der Waals surface area contributed by atoms with Crippen LogP contribution < -0.4 is 21.3 Å². The van der Waals surface area contributed by atoms with Crippen LogP contribution in [0.25, 0.3) is 0 Å². The molecule has 0 fully saturated rings. The number of hydrogen-bond donors (Lipinski definition) is 2. The highest BCUT2D eigenvalue weighted by atomic mass is 35.5. The summed E-state index contributed by atoms with van der Waals surface area (Å²) in [4.78, 5) is 28.3. The van der Waals surface area contributed by atoms with E-state index in [4.69, 9.17) is 22.1 Å². The second-order valence-electron chi connectivity index (χ2n) is 5.57. The van der Waals surface area contributed by atoms with Crippen molar-refractivity contribution in [2.45, 2.75) is 25.4 Å². The van der Waals surface area contributed by atoms with E-state index in [0.29, 0.717) is 41.7 Å². The molecule has 0 spiro atoms. The number of primary amides is 1. The summed E-state index contributed by atoms with van der Waals surface area (Å²) in [7, 11) is 1.56. The summed E-state index contributed by atoms with van der Waals surface area (Å²) < 4.78 is 6.55. The number of fused-ring (bicyclic) bond motifs is 1. The zero-order chi connectivity index (χ0) is 17.3. The average Bonchev–Trinajstić information content (AvgIpc) is 2.99. The molecule has 24 heavy (non-hydrogen) atoms. The van der Waals surface area contributed by atoms with Gasteiger partial charge in [-0.05, 0) is 30.2 Å². The Hall–Kier alpha value is -2.54. The molecule has 7 nitrogen and oxygen atoms in total. The predicted molar refractivity (Wildman–Crippen MR) is 90.4 cm³/mol. The first kappa shape index (κ1) is 16.3. The molecule has 0 saturated heterocycles. The molecular formula is C16H17ClN4O3. The summed E-state index contributed by atoms with van der Waals surface area (Å²) in [6, 6.07) is 4.67. The van der Waals surface area contributed by atoms with Gasteiger partial charge in [-0.1, -0.05) is 11.6 Å². The molecule has 126 valence electrons. The number of benzene rings is 1. The highest BCUT2D eigenvalue weighted by molar-refractivity contribution is 6.30. The Bertz CT molecular complexity index is 850. The van der Waals surface area contributed by atoms with Crippen molar-refractivity contribution in [1.82, 2.24) is 9.55 Å². The second-order valence-corrected chi connectivity index (χ2v) is 6.01. The number of halogens is 1. The minimum absolute atomic E-state index is 0.296. The highest BCUT2D eigenvalue weighted by Crippen LogP contribution is 2.23. The summed E-state index contributed by atoms with van der Waals surface area (Å²) >= 11 is 6.04. The van der Waals surface area contributed by atoms with Crippen molar-refractivity contribution in [2.24, 2.45) is 5.73 Å². The lowest BCUT2D eigenvalue weighted by Gasteiger charge is -2.13. The lowest BCUT2D eigenvalue weighted by atomic mass is 10.2. The molecule has 0 bridgehead atoms. The Morgan fingerprint density at radius 3 is 3.00 bits per heavy atom. The molecule has 1 aliphatic heterocycles. The van der Waals surface area contributed by atoms with Gasteiger partial charge in [-0.25, -0.2) is 4.98 Å². The van der Waals surface area contributed by atoms with Gasteiger partial charge in [-0.2, -0.15) is 0 Å². The molecule has 2 heterocycles. The van der Waals surface area contributed by atoms with E-state index in [1.165, 1.54) is 10.8 Å². The number of ether oxygens (including phenoxy) is 1. The fourth-order valence-electron chi connectivity index (χ4n) is 2.83. The van der Waals surface area contributed by atoms with Gasteiger partial charge >= 0.3 is 0 Å². The maximum Gasteiger partial charge on any atom is 0.277 e. The largest absolute Gasteiger partial charge is 0.497 e. The van der Waals surface area contributed by atoms with Crippen molar-refractivity contribution >= 4 is 23.2 Å². The zero-order valence-corrected chi connectivity index (χ0v) is 13.8. The Morgan fingerprint density at radius 2 is 2.29 bits per heavy atom. The first-order chi connectivity index (χ1) is 11.5. The third kappa shape index (κ3) is 3.07. The van der Waals surface area contributed by atoms with Gasteiger partial charge in [-0.15, -0.1) is 0 Å². The standard InChI is InChI=1S/C16H17ClN4O3/c1-24-11-5-9(4-10(17)6-11)7-19-12-8-20-14-3-2-13(15(18)22)21(14)16(12)23/h4-6,8,13,19H,2-3,7H2,1H3,(H2,18,22). The quantitative estimate of drug-likeness (QED) is 0.852. The number of methoxy groups -OCH3 is 1. The van der Waals surface area contributed by atoms with Crippen molar-refractivity contribution in [3.8, 4) is 5.75 Å². The van der Waals surface area contributed by atoms with Crippen LogP contribution in [0.5, 0.6) is 5.75 Å². The number of nitrogens with two attached hydrogens (primary N) is 1. The van der Waals surface area contributed by atoms with Gasteiger partial charge in [-0.3, -0.25) is 14.2 Å². The Balaban J connectivity index is 1.85. The topological polar surface area (TPSA) is 99.2 Å². The normalized spacial score (nSPS) is 15.8. The minimum Gasteiger partial charge on any atom is -0.497 e. The molecule has 1 amide bonds. The van der Waals surface area contributed by atoms with Gasteiger partial charge in [0, 0.05) is 18.0 Å². The van der Waals surface area contributed by atoms with Crippen LogP contribution in [0.1, 0.15) is 23.9 Å². The maximum atomic E-state index is 12.6. The van der Waals surface area contributed by atoms with Crippen molar-refractivity contribution < 1.29 is 9.53 Å². The lowest BCUT2D eigenvalue weighted by molar-refractivity contribution is -0.121. The summed E-state index contributed by atoms with van der Waals surface area (Å²) in [5.41, 5.74) is 6.24. The third-order valence-electron chi connectivity index (χ3n) is 4.00. The van der Waals surface area contributed by atoms with Gasteiger partial charge in [0.2, 0.25) is 5.91 Å². The van der Waals surface area contributed by atoms with E-state index < -0.39 is 11.9 Å². The van der Waals surface area contributed by atoms with E-state index in [-0.39, 0.29) is 5.56 Å². The number of amides is 1. The van der Waals surface area contributed by atoms with Crippen LogP contribution in [-0.2, 0) is 17.8 Å². The first-order valence-corrected chi connectivity index (χ1v) is 7.84. The predicted octanol–water partition coefficient (Wildman–Crippen LogP) is 1.49. The smallest absolute Gasteiger partial charge is 0.277 e. The molecule has 3 rings (SSSR count). The summed E-state index contributed by atoms with van der Waals surface area (Å²) in [6.07, 6.45) is 2.56. The van der Waals surface area contributed by atoms with E-state index in [0.717, 1.165) is 5.56 Å². The monoisotopic (exact) mass is 348 g/mol. The number of aryl methyl sites for hydroxylation is 1. The van der Waals surface area contributed by atoms with Gasteiger partial charge < -0.3 is 15.8 Å². The molecule has 0 aliphatic carbocycles. The van der Waals surface area contributed by atoms with E-state index in [1.54, 1.807) is 19.2 Å². The van der Waals surface area contributed by atoms with E-state index >= 15 is 0 Å². The highest BCUT2D eigenvalue weighted by Gasteiger charge is 2.29. The van der Waals surface area contributed by atoms with Gasteiger partial charge in [0.25, 0.3) is 5.56 Å². The summed E-state index contributed by atoms with van der Waals surface area (Å²) in [6.45, 7) is 0.369. The number of nitrogens with zero attached hydrogens (tertiary/aromatic N) is 2. The molecule has 1 unspecified atom stereocenters. The van der Waals surface area contributed by atoms with E-state index in [9.17, 15) is 9.59 Å². The van der Waals surface area contributed by atoms with Crippen molar-refractivity contribution in [3.05, 3.63) is 51.2 Å². The van der Waals surface area contributed by atoms with Crippen LogP contribution in [0.3, 0.4) is 0 Å². The molecule has 0 radical (unpaired) electrons. The SMILES string of the molecule is COc1cc(Cl)cc(CNc2cnc3n(c2=O)C(C(N)=O)CC3)c1. The Kier molecular flexibility index (Phi) is 4.44. The maximum absolute atomic E-state index is 12.6. The van der Waals surface area contributed by atoms with Gasteiger partial charge in [0.15, 0.2) is 0 Å². The Morgan fingerprint density at radius 1 is 1.50 bits per heavy atom. The molecule has 1 aromatic heterocycles. The van der Waals surface area contributed by atoms with Crippen LogP contribution in [0, 0.1) is 0 Å². The van der Waals surface area contributed by atoms with E-state index in [2.05, 4.69) is 10.3 Å². The summed E-state index contributed by atoms with van der Waals surface area (Å²) in [5, 5.41) is 3.58. The summed E-state index contributed by atoms with van der Waals surface area (Å²) in [5.74, 6) is 0.699. The molecular weight excluding hydrogens is 332 g/mol.